The molecule has 38 heavy (non-hydrogen) atoms. The first-order valence-electron chi connectivity index (χ1n) is 12.8. The summed E-state index contributed by atoms with van der Waals surface area (Å²) in [5.41, 5.74) is 0.590. The number of anilines is 1. The molecule has 1 saturated carbocycles. The number of aromatic carboxylic acids is 1. The third-order valence-corrected chi connectivity index (χ3v) is 7.70. The van der Waals surface area contributed by atoms with Crippen molar-refractivity contribution < 1.29 is 32.3 Å². The maximum Gasteiger partial charge on any atom is 0.417 e. The van der Waals surface area contributed by atoms with Gasteiger partial charge in [0.2, 0.25) is 5.95 Å². The lowest BCUT2D eigenvalue weighted by Crippen LogP contribution is -2.46. The summed E-state index contributed by atoms with van der Waals surface area (Å²) in [7, 11) is 0. The number of aryl methyl sites for hydroxylation is 1. The van der Waals surface area contributed by atoms with Crippen LogP contribution in [0.4, 0.5) is 19.1 Å². The summed E-state index contributed by atoms with van der Waals surface area (Å²) >= 11 is 0. The number of ether oxygens (including phenoxy) is 1. The van der Waals surface area contributed by atoms with Crippen molar-refractivity contribution in [2.75, 3.05) is 4.90 Å². The van der Waals surface area contributed by atoms with Crippen molar-refractivity contribution in [1.29, 1.82) is 0 Å². The fourth-order valence-electron chi connectivity index (χ4n) is 5.85. The predicted octanol–water partition coefficient (Wildman–Crippen LogP) is 5.75. The van der Waals surface area contributed by atoms with E-state index in [2.05, 4.69) is 20.0 Å². The summed E-state index contributed by atoms with van der Waals surface area (Å²) in [6, 6.07) is 7.06. The van der Waals surface area contributed by atoms with Crippen LogP contribution < -0.4 is 4.90 Å². The molecule has 2 aromatic heterocycles. The van der Waals surface area contributed by atoms with Gasteiger partial charge in [0.05, 0.1) is 18.3 Å². The second-order valence-corrected chi connectivity index (χ2v) is 10.4. The van der Waals surface area contributed by atoms with E-state index in [1.807, 2.05) is 0 Å². The van der Waals surface area contributed by atoms with Gasteiger partial charge in [0, 0.05) is 34.8 Å². The average Bonchev–Trinajstić information content (AvgIpc) is 3.57. The summed E-state index contributed by atoms with van der Waals surface area (Å²) < 4.78 is 53.2. The Labute approximate surface area is 216 Å². The SMILES string of the molecule is Cc1cc(C(=O)O)nc(N2[C@@H]3CC[C@H]2C[C@@H](OCc2c(-c4ccccc4C(F)(F)F)noc2C2CC2)C3)n1. The molecule has 0 radical (unpaired) electrons. The molecule has 2 bridgehead atoms. The molecule has 8 nitrogen and oxygen atoms in total. The van der Waals surface area contributed by atoms with Crippen LogP contribution in [0.3, 0.4) is 0 Å². The van der Waals surface area contributed by atoms with Gasteiger partial charge < -0.3 is 19.3 Å². The molecule has 1 N–H and O–H groups in total. The van der Waals surface area contributed by atoms with E-state index in [1.165, 1.54) is 18.2 Å². The lowest BCUT2D eigenvalue weighted by molar-refractivity contribution is -0.137. The number of rotatable bonds is 7. The second kappa shape index (κ2) is 9.37. The topological polar surface area (TPSA) is 102 Å². The first-order valence-corrected chi connectivity index (χ1v) is 12.8. The van der Waals surface area contributed by atoms with Crippen LogP contribution in [-0.4, -0.2) is 44.4 Å². The van der Waals surface area contributed by atoms with Crippen molar-refractivity contribution >= 4 is 11.9 Å². The van der Waals surface area contributed by atoms with Gasteiger partial charge in [-0.15, -0.1) is 0 Å². The fraction of sp³-hybridized carbons (Fsp3) is 0.481. The molecule has 0 unspecified atom stereocenters. The first-order chi connectivity index (χ1) is 18.2. The number of aromatic nitrogens is 3. The molecule has 6 rings (SSSR count). The van der Waals surface area contributed by atoms with Crippen LogP contribution in [0, 0.1) is 6.92 Å². The Morgan fingerprint density at radius 1 is 1.13 bits per heavy atom. The molecule has 1 aliphatic carbocycles. The highest BCUT2D eigenvalue weighted by molar-refractivity contribution is 5.85. The Bertz CT molecular complexity index is 1360. The summed E-state index contributed by atoms with van der Waals surface area (Å²) in [5, 5.41) is 13.5. The minimum atomic E-state index is -4.52. The molecule has 0 spiro atoms. The Morgan fingerprint density at radius 2 is 1.84 bits per heavy atom. The van der Waals surface area contributed by atoms with Crippen molar-refractivity contribution in [3.8, 4) is 11.3 Å². The van der Waals surface area contributed by atoms with E-state index >= 15 is 0 Å². The standard InChI is InChI=1S/C27H27F3N4O4/c1-14-10-22(25(35)36)32-26(31-14)34-16-8-9-17(34)12-18(11-16)37-13-20-23(33-38-24(20)15-6-7-15)19-4-2-3-5-21(19)27(28,29)30/h2-5,10,15-18H,6-9,11-13H2,1H3,(H,35,36)/t16-,17+,18+. The molecule has 1 aromatic carbocycles. The zero-order valence-corrected chi connectivity index (χ0v) is 20.7. The van der Waals surface area contributed by atoms with E-state index in [1.54, 1.807) is 13.0 Å². The highest BCUT2D eigenvalue weighted by Gasteiger charge is 2.43. The number of fused-ring (bicyclic) bond motifs is 2. The van der Waals surface area contributed by atoms with E-state index in [-0.39, 0.29) is 47.7 Å². The Kier molecular flexibility index (Phi) is 6.13. The molecule has 11 heteroatoms. The van der Waals surface area contributed by atoms with Crippen LogP contribution in [0.5, 0.6) is 0 Å². The molecule has 3 aliphatic rings. The highest BCUT2D eigenvalue weighted by atomic mass is 19.4. The summed E-state index contributed by atoms with van der Waals surface area (Å²) in [5.74, 6) is 0.111. The number of nitrogens with zero attached hydrogens (tertiary/aromatic N) is 4. The summed E-state index contributed by atoms with van der Waals surface area (Å²) in [6.07, 6.45) is 0.408. The Hall–Kier alpha value is -3.47. The maximum atomic E-state index is 13.7. The van der Waals surface area contributed by atoms with Crippen molar-refractivity contribution in [2.45, 2.75) is 82.3 Å². The van der Waals surface area contributed by atoms with E-state index in [4.69, 9.17) is 9.26 Å². The lowest BCUT2D eigenvalue weighted by Gasteiger charge is -2.39. The first kappa shape index (κ1) is 24.8. The predicted molar refractivity (Wildman–Crippen MR) is 130 cm³/mol. The summed E-state index contributed by atoms with van der Waals surface area (Å²) in [6.45, 7) is 1.87. The van der Waals surface area contributed by atoms with E-state index in [0.717, 1.165) is 31.7 Å². The minimum absolute atomic E-state index is 0.00466. The number of piperidine rings is 1. The van der Waals surface area contributed by atoms with Gasteiger partial charge in [-0.05, 0) is 57.6 Å². The van der Waals surface area contributed by atoms with Crippen molar-refractivity contribution in [3.63, 3.8) is 0 Å². The van der Waals surface area contributed by atoms with Gasteiger partial charge in [0.25, 0.3) is 0 Å². The number of hydrogen-bond donors (Lipinski definition) is 1. The van der Waals surface area contributed by atoms with Crippen LogP contribution >= 0.6 is 0 Å². The van der Waals surface area contributed by atoms with Crippen LogP contribution in [0.2, 0.25) is 0 Å². The molecule has 2 saturated heterocycles. The van der Waals surface area contributed by atoms with Crippen LogP contribution in [0.25, 0.3) is 11.3 Å². The zero-order valence-electron chi connectivity index (χ0n) is 20.7. The Balaban J connectivity index is 1.22. The van der Waals surface area contributed by atoms with E-state index < -0.39 is 17.7 Å². The van der Waals surface area contributed by atoms with E-state index in [9.17, 15) is 23.1 Å². The molecule has 4 heterocycles. The van der Waals surface area contributed by atoms with Crippen molar-refractivity contribution in [2.24, 2.45) is 0 Å². The van der Waals surface area contributed by atoms with Gasteiger partial charge in [-0.3, -0.25) is 0 Å². The van der Waals surface area contributed by atoms with Crippen molar-refractivity contribution in [1.82, 2.24) is 15.1 Å². The molecule has 3 atom stereocenters. The molecular formula is C27H27F3N4O4. The normalized spacial score (nSPS) is 23.2. The number of alkyl halides is 3. The molecule has 200 valence electrons. The number of benzene rings is 1. The quantitative estimate of drug-likeness (QED) is 0.414. The van der Waals surface area contributed by atoms with Gasteiger partial charge in [-0.25, -0.2) is 14.8 Å². The minimum Gasteiger partial charge on any atom is -0.477 e. The Morgan fingerprint density at radius 3 is 2.50 bits per heavy atom. The van der Waals surface area contributed by atoms with Crippen LogP contribution in [-0.2, 0) is 17.5 Å². The van der Waals surface area contributed by atoms with Gasteiger partial charge in [-0.2, -0.15) is 13.2 Å². The number of halogens is 3. The molecule has 3 fully saturated rings. The van der Waals surface area contributed by atoms with Gasteiger partial charge in [0.1, 0.15) is 11.5 Å². The van der Waals surface area contributed by atoms with Gasteiger partial charge in [0.15, 0.2) is 5.69 Å². The fourth-order valence-corrected chi connectivity index (χ4v) is 5.85. The second-order valence-electron chi connectivity index (χ2n) is 10.4. The molecular weight excluding hydrogens is 501 g/mol. The largest absolute Gasteiger partial charge is 0.477 e. The van der Waals surface area contributed by atoms with E-state index in [0.29, 0.717) is 35.8 Å². The third-order valence-electron chi connectivity index (χ3n) is 7.70. The lowest BCUT2D eigenvalue weighted by atomic mass is 9.98. The molecule has 2 aliphatic heterocycles. The average molecular weight is 529 g/mol. The van der Waals surface area contributed by atoms with Crippen LogP contribution in [0.1, 0.15) is 77.5 Å². The molecule has 3 aromatic rings. The number of carboxylic acid groups (broad SMARTS) is 1. The smallest absolute Gasteiger partial charge is 0.417 e. The maximum absolute atomic E-state index is 13.7. The van der Waals surface area contributed by atoms with Gasteiger partial charge >= 0.3 is 12.1 Å². The number of carbonyl (C=O) groups is 1. The highest BCUT2D eigenvalue weighted by Crippen LogP contribution is 2.46. The third kappa shape index (κ3) is 4.63. The number of carboxylic acids is 1. The summed E-state index contributed by atoms with van der Waals surface area (Å²) in [4.78, 5) is 22.4. The van der Waals surface area contributed by atoms with Gasteiger partial charge in [-0.1, -0.05) is 23.4 Å². The zero-order chi connectivity index (χ0) is 26.6. The number of hydrogen-bond acceptors (Lipinski definition) is 7. The van der Waals surface area contributed by atoms with Crippen molar-refractivity contribution in [3.05, 3.63) is 58.6 Å². The monoisotopic (exact) mass is 528 g/mol. The molecule has 0 amide bonds. The van der Waals surface area contributed by atoms with Crippen LogP contribution in [0.15, 0.2) is 34.9 Å².